The summed E-state index contributed by atoms with van der Waals surface area (Å²) in [4.78, 5) is 13.0. The summed E-state index contributed by atoms with van der Waals surface area (Å²) in [6.07, 6.45) is 1.42. The van der Waals surface area contributed by atoms with Crippen molar-refractivity contribution in [3.63, 3.8) is 0 Å². The molecule has 0 atom stereocenters. The quantitative estimate of drug-likeness (QED) is 0.140. The van der Waals surface area contributed by atoms with E-state index in [1.54, 1.807) is 48.5 Å². The lowest BCUT2D eigenvalue weighted by atomic mass is 10.2. The lowest BCUT2D eigenvalue weighted by Gasteiger charge is -2.25. The number of carbonyl (C=O) groups excluding carboxylic acids is 1. The van der Waals surface area contributed by atoms with E-state index in [-0.39, 0.29) is 16.3 Å². The zero-order valence-corrected chi connectivity index (χ0v) is 26.0. The highest BCUT2D eigenvalue weighted by atomic mass is 35.5. The molecule has 10 nitrogen and oxygen atoms in total. The molecule has 0 saturated heterocycles. The normalized spacial score (nSPS) is 11.2. The predicted octanol–water partition coefficient (Wildman–Crippen LogP) is 5.68. The number of ether oxygens (including phenoxy) is 4. The topological polar surface area (TPSA) is 116 Å². The monoisotopic (exact) mass is 637 g/mol. The molecule has 4 aromatic carbocycles. The minimum Gasteiger partial charge on any atom is -0.497 e. The standard InChI is InChI=1S/C32H32ClN3O7S/c1-4-42-31-19-23(12-17-30(31)43-22-24-8-7-9-25(33)18-24)20-34-35-32(37)21-36(28-10-5-6-11-29(28)41-3)44(38,39)27-15-13-26(40-2)14-16-27/h5-20H,4,21-22H2,1-3H3,(H,35,37)/b34-20-. The summed E-state index contributed by atoms with van der Waals surface area (Å²) in [7, 11) is -1.28. The molecule has 0 aliphatic carbocycles. The number of hydrogen-bond acceptors (Lipinski definition) is 8. The van der Waals surface area contributed by atoms with Gasteiger partial charge in [-0.2, -0.15) is 5.10 Å². The maximum atomic E-state index is 13.7. The number of rotatable bonds is 14. The maximum Gasteiger partial charge on any atom is 0.264 e. The van der Waals surface area contributed by atoms with E-state index < -0.39 is 22.5 Å². The van der Waals surface area contributed by atoms with Gasteiger partial charge in [0.05, 0.1) is 37.6 Å². The average molecular weight is 638 g/mol. The van der Waals surface area contributed by atoms with Gasteiger partial charge in [0, 0.05) is 5.02 Å². The molecule has 44 heavy (non-hydrogen) atoms. The fourth-order valence-corrected chi connectivity index (χ4v) is 5.78. The van der Waals surface area contributed by atoms with Gasteiger partial charge in [-0.3, -0.25) is 9.10 Å². The van der Waals surface area contributed by atoms with E-state index in [0.29, 0.717) is 41.0 Å². The van der Waals surface area contributed by atoms with Crippen LogP contribution in [0.2, 0.25) is 5.02 Å². The number of hydrazone groups is 1. The Balaban J connectivity index is 1.50. The SMILES string of the molecule is CCOc1cc(/C=N\NC(=O)CN(c2ccccc2OC)S(=O)(=O)c2ccc(OC)cc2)ccc1OCc1cccc(Cl)c1. The Kier molecular flexibility index (Phi) is 11.1. The third-order valence-electron chi connectivity index (χ3n) is 6.24. The molecule has 4 rings (SSSR count). The van der Waals surface area contributed by atoms with Gasteiger partial charge in [0.2, 0.25) is 0 Å². The van der Waals surface area contributed by atoms with E-state index in [1.807, 2.05) is 25.1 Å². The summed E-state index contributed by atoms with van der Waals surface area (Å²) in [6, 6.07) is 25.0. The van der Waals surface area contributed by atoms with Crippen molar-refractivity contribution < 1.29 is 32.2 Å². The number of hydrogen-bond donors (Lipinski definition) is 1. The van der Waals surface area contributed by atoms with Crippen LogP contribution >= 0.6 is 11.6 Å². The predicted molar refractivity (Wildman–Crippen MR) is 170 cm³/mol. The van der Waals surface area contributed by atoms with Crippen LogP contribution in [-0.2, 0) is 21.4 Å². The lowest BCUT2D eigenvalue weighted by Crippen LogP contribution is -2.39. The highest BCUT2D eigenvalue weighted by Gasteiger charge is 2.29. The number of nitrogens with zero attached hydrogens (tertiary/aromatic N) is 2. The third-order valence-corrected chi connectivity index (χ3v) is 8.25. The molecule has 0 heterocycles. The third kappa shape index (κ3) is 8.21. The highest BCUT2D eigenvalue weighted by Crippen LogP contribution is 2.33. The van der Waals surface area contributed by atoms with Gasteiger partial charge in [-0.25, -0.2) is 13.8 Å². The van der Waals surface area contributed by atoms with E-state index in [0.717, 1.165) is 9.87 Å². The fraction of sp³-hybridized carbons (Fsp3) is 0.188. The number of halogens is 1. The molecule has 12 heteroatoms. The first-order valence-corrected chi connectivity index (χ1v) is 15.3. The van der Waals surface area contributed by atoms with Gasteiger partial charge in [0.25, 0.3) is 15.9 Å². The van der Waals surface area contributed by atoms with E-state index in [4.69, 9.17) is 30.5 Å². The van der Waals surface area contributed by atoms with E-state index in [1.165, 1.54) is 44.7 Å². The van der Waals surface area contributed by atoms with Crippen molar-refractivity contribution in [3.8, 4) is 23.0 Å². The minimum atomic E-state index is -4.18. The molecule has 0 aliphatic heterocycles. The first kappa shape index (κ1) is 32.2. The Labute approximate surface area is 261 Å². The van der Waals surface area contributed by atoms with Crippen LogP contribution in [0.3, 0.4) is 0 Å². The Morgan fingerprint density at radius 3 is 2.36 bits per heavy atom. The Morgan fingerprint density at radius 2 is 1.66 bits per heavy atom. The smallest absolute Gasteiger partial charge is 0.264 e. The van der Waals surface area contributed by atoms with Gasteiger partial charge in [-0.1, -0.05) is 35.9 Å². The second kappa shape index (κ2) is 15.1. The Bertz CT molecular complexity index is 1710. The number of nitrogens with one attached hydrogen (secondary N) is 1. The average Bonchev–Trinajstić information content (AvgIpc) is 3.03. The molecule has 0 spiro atoms. The molecular formula is C32H32ClN3O7S. The zero-order valence-electron chi connectivity index (χ0n) is 24.4. The number of sulfonamides is 1. The van der Waals surface area contributed by atoms with E-state index in [9.17, 15) is 13.2 Å². The van der Waals surface area contributed by atoms with Gasteiger partial charge in [0.15, 0.2) is 11.5 Å². The molecular weight excluding hydrogens is 606 g/mol. The van der Waals surface area contributed by atoms with Crippen LogP contribution in [0.15, 0.2) is 101 Å². The minimum absolute atomic E-state index is 0.0263. The molecule has 1 amide bonds. The highest BCUT2D eigenvalue weighted by molar-refractivity contribution is 7.92. The van der Waals surface area contributed by atoms with Crippen LogP contribution in [0, 0.1) is 0 Å². The van der Waals surface area contributed by atoms with Gasteiger partial charge >= 0.3 is 0 Å². The number of benzene rings is 4. The van der Waals surface area contributed by atoms with Crippen LogP contribution in [0.4, 0.5) is 5.69 Å². The van der Waals surface area contributed by atoms with Crippen molar-refractivity contribution in [2.24, 2.45) is 5.10 Å². The van der Waals surface area contributed by atoms with E-state index in [2.05, 4.69) is 10.5 Å². The van der Waals surface area contributed by atoms with E-state index >= 15 is 0 Å². The van der Waals surface area contributed by atoms with Crippen molar-refractivity contribution in [1.29, 1.82) is 0 Å². The fourth-order valence-electron chi connectivity index (χ4n) is 4.14. The summed E-state index contributed by atoms with van der Waals surface area (Å²) in [6.45, 7) is 2.00. The first-order chi connectivity index (χ1) is 21.2. The van der Waals surface area contributed by atoms with Crippen molar-refractivity contribution in [1.82, 2.24) is 5.43 Å². The summed E-state index contributed by atoms with van der Waals surface area (Å²) < 4.78 is 50.6. The number of carbonyl (C=O) groups is 1. The summed E-state index contributed by atoms with van der Waals surface area (Å²) in [5.74, 6) is 1.13. The largest absolute Gasteiger partial charge is 0.497 e. The number of amides is 1. The Hall–Kier alpha value is -4.74. The first-order valence-electron chi connectivity index (χ1n) is 13.5. The van der Waals surface area contributed by atoms with Crippen LogP contribution in [-0.4, -0.2) is 47.9 Å². The van der Waals surface area contributed by atoms with Crippen LogP contribution in [0.5, 0.6) is 23.0 Å². The summed E-state index contributed by atoms with van der Waals surface area (Å²) in [5.41, 5.74) is 4.13. The zero-order chi connectivity index (χ0) is 31.5. The molecule has 0 aromatic heterocycles. The summed E-state index contributed by atoms with van der Waals surface area (Å²) in [5, 5.41) is 4.66. The van der Waals surface area contributed by atoms with Crippen LogP contribution in [0.1, 0.15) is 18.1 Å². The molecule has 0 aliphatic rings. The maximum absolute atomic E-state index is 13.7. The van der Waals surface area contributed by atoms with Gasteiger partial charge in [0.1, 0.15) is 24.7 Å². The van der Waals surface area contributed by atoms with Crippen LogP contribution in [0.25, 0.3) is 0 Å². The van der Waals surface area contributed by atoms with Gasteiger partial charge < -0.3 is 18.9 Å². The van der Waals surface area contributed by atoms with Crippen molar-refractivity contribution >= 4 is 39.4 Å². The van der Waals surface area contributed by atoms with Gasteiger partial charge in [-0.15, -0.1) is 0 Å². The van der Waals surface area contributed by atoms with Crippen LogP contribution < -0.4 is 28.7 Å². The molecule has 0 bridgehead atoms. The van der Waals surface area contributed by atoms with Crippen molar-refractivity contribution in [2.45, 2.75) is 18.4 Å². The second-order valence-corrected chi connectivity index (χ2v) is 11.5. The number of para-hydroxylation sites is 2. The molecule has 0 radical (unpaired) electrons. The second-order valence-electron chi connectivity index (χ2n) is 9.21. The van der Waals surface area contributed by atoms with Gasteiger partial charge in [-0.05, 0) is 84.8 Å². The number of methoxy groups -OCH3 is 2. The Morgan fingerprint density at radius 1 is 0.886 bits per heavy atom. The summed E-state index contributed by atoms with van der Waals surface area (Å²) >= 11 is 6.07. The molecule has 4 aromatic rings. The molecule has 0 unspecified atom stereocenters. The molecule has 1 N–H and O–H groups in total. The number of anilines is 1. The molecule has 230 valence electrons. The van der Waals surface area contributed by atoms with Crippen molar-refractivity contribution in [2.75, 3.05) is 31.7 Å². The molecule has 0 fully saturated rings. The molecule has 0 saturated carbocycles. The van der Waals surface area contributed by atoms with Crippen molar-refractivity contribution in [3.05, 3.63) is 107 Å². The lowest BCUT2D eigenvalue weighted by molar-refractivity contribution is -0.119.